The molecule has 1 fully saturated rings. The van der Waals surface area contributed by atoms with Gasteiger partial charge in [0.05, 0.1) is 6.61 Å². The number of hydrogen-bond acceptors (Lipinski definition) is 9. The zero-order valence-electron chi connectivity index (χ0n) is 20.8. The Balaban J connectivity index is 1.68. The molecule has 0 aliphatic carbocycles. The first-order valence-corrected chi connectivity index (χ1v) is 12.3. The van der Waals surface area contributed by atoms with Crippen LogP contribution in [0.2, 0.25) is 0 Å². The van der Waals surface area contributed by atoms with E-state index in [1.165, 1.54) is 5.56 Å². The summed E-state index contributed by atoms with van der Waals surface area (Å²) in [4.78, 5) is 26.2. The third kappa shape index (κ3) is 5.07. The third-order valence-corrected chi connectivity index (χ3v) is 6.35. The first-order chi connectivity index (χ1) is 17.6. The van der Waals surface area contributed by atoms with E-state index < -0.39 is 0 Å². The zero-order valence-corrected chi connectivity index (χ0v) is 20.8. The highest BCUT2D eigenvalue weighted by atomic mass is 16.3. The first kappa shape index (κ1) is 23.9. The highest BCUT2D eigenvalue weighted by Gasteiger charge is 2.23. The lowest BCUT2D eigenvalue weighted by atomic mass is 10.1. The Morgan fingerprint density at radius 3 is 2.22 bits per heavy atom. The quantitative estimate of drug-likeness (QED) is 0.391. The van der Waals surface area contributed by atoms with Crippen molar-refractivity contribution in [2.75, 3.05) is 68.1 Å². The lowest BCUT2D eigenvalue weighted by Crippen LogP contribution is -2.44. The van der Waals surface area contributed by atoms with Crippen LogP contribution >= 0.6 is 0 Å². The van der Waals surface area contributed by atoms with Crippen molar-refractivity contribution in [3.63, 3.8) is 0 Å². The maximum absolute atomic E-state index is 9.63. The molecule has 0 saturated carbocycles. The number of piperazine rings is 1. The van der Waals surface area contributed by atoms with Crippen molar-refractivity contribution in [2.45, 2.75) is 6.54 Å². The number of hydrogen-bond donors (Lipinski definition) is 2. The Morgan fingerprint density at radius 1 is 0.833 bits per heavy atom. The second kappa shape index (κ2) is 10.8. The van der Waals surface area contributed by atoms with Gasteiger partial charge >= 0.3 is 0 Å². The fourth-order valence-electron chi connectivity index (χ4n) is 4.43. The van der Waals surface area contributed by atoms with Crippen LogP contribution in [0.25, 0.3) is 22.4 Å². The van der Waals surface area contributed by atoms with Crippen LogP contribution < -0.4 is 20.0 Å². The van der Waals surface area contributed by atoms with Crippen LogP contribution in [0.1, 0.15) is 5.56 Å². The fourth-order valence-corrected chi connectivity index (χ4v) is 4.43. The summed E-state index contributed by atoms with van der Waals surface area (Å²) in [6.45, 7) is 4.55. The predicted octanol–water partition coefficient (Wildman–Crippen LogP) is 2.56. The average molecular weight is 485 g/mol. The number of rotatable bonds is 8. The molecule has 36 heavy (non-hydrogen) atoms. The molecule has 4 aromatic rings. The summed E-state index contributed by atoms with van der Waals surface area (Å²) in [7, 11) is 3.95. The highest BCUT2D eigenvalue weighted by molar-refractivity contribution is 5.89. The Labute approximate surface area is 211 Å². The van der Waals surface area contributed by atoms with Crippen molar-refractivity contribution in [3.05, 3.63) is 66.2 Å². The molecule has 186 valence electrons. The molecule has 9 heteroatoms. The summed E-state index contributed by atoms with van der Waals surface area (Å²) in [5, 5.41) is 13.0. The molecule has 3 heterocycles. The van der Waals surface area contributed by atoms with E-state index in [9.17, 15) is 5.11 Å². The van der Waals surface area contributed by atoms with Gasteiger partial charge in [-0.1, -0.05) is 60.7 Å². The van der Waals surface area contributed by atoms with Gasteiger partial charge in [0.2, 0.25) is 5.95 Å². The topological polar surface area (TPSA) is 93.5 Å². The maximum atomic E-state index is 9.63. The van der Waals surface area contributed by atoms with Gasteiger partial charge in [0.25, 0.3) is 0 Å². The van der Waals surface area contributed by atoms with E-state index in [4.69, 9.17) is 19.9 Å². The van der Waals surface area contributed by atoms with Crippen molar-refractivity contribution in [3.8, 4) is 11.3 Å². The summed E-state index contributed by atoms with van der Waals surface area (Å²) < 4.78 is 0. The van der Waals surface area contributed by atoms with Gasteiger partial charge in [0.1, 0.15) is 5.69 Å². The number of nitrogens with zero attached hydrogens (tertiary/aromatic N) is 7. The standard InChI is InChI=1S/C27H32N8O/c1-33(17-18-36)26-23-24(31-27(32-26)35-15-13-28-14-16-35)30-25(22(29-23)21-11-7-4-8-12-21)34(2)19-20-9-5-3-6-10-20/h3-12,28,36H,13-19H2,1-2H3. The van der Waals surface area contributed by atoms with Crippen molar-refractivity contribution in [1.82, 2.24) is 25.3 Å². The summed E-state index contributed by atoms with van der Waals surface area (Å²) >= 11 is 0. The average Bonchev–Trinajstić information content (AvgIpc) is 2.93. The molecule has 1 aliphatic heterocycles. The first-order valence-electron chi connectivity index (χ1n) is 12.3. The molecule has 2 aromatic heterocycles. The lowest BCUT2D eigenvalue weighted by Gasteiger charge is -2.29. The van der Waals surface area contributed by atoms with E-state index >= 15 is 0 Å². The fraction of sp³-hybridized carbons (Fsp3) is 0.333. The molecule has 0 spiro atoms. The monoisotopic (exact) mass is 484 g/mol. The Morgan fingerprint density at radius 2 is 1.53 bits per heavy atom. The van der Waals surface area contributed by atoms with Crippen LogP contribution in [0.3, 0.4) is 0 Å². The largest absolute Gasteiger partial charge is 0.395 e. The SMILES string of the molecule is CN(Cc1ccccc1)c1nc2nc(N3CCNCC3)nc(N(C)CCO)c2nc1-c1ccccc1. The molecule has 5 rings (SSSR count). The van der Waals surface area contributed by atoms with Gasteiger partial charge in [-0.2, -0.15) is 9.97 Å². The number of aliphatic hydroxyl groups excluding tert-OH is 1. The van der Waals surface area contributed by atoms with Crippen LogP contribution in [-0.2, 0) is 6.54 Å². The summed E-state index contributed by atoms with van der Waals surface area (Å²) in [5.74, 6) is 2.07. The summed E-state index contributed by atoms with van der Waals surface area (Å²) in [5.41, 5.74) is 4.12. The second-order valence-corrected chi connectivity index (χ2v) is 9.01. The highest BCUT2D eigenvalue weighted by Crippen LogP contribution is 2.33. The zero-order chi connectivity index (χ0) is 24.9. The van der Waals surface area contributed by atoms with Gasteiger partial charge in [-0.15, -0.1) is 0 Å². The Hall–Kier alpha value is -3.82. The lowest BCUT2D eigenvalue weighted by molar-refractivity contribution is 0.304. The van der Waals surface area contributed by atoms with Gasteiger partial charge in [0.15, 0.2) is 22.8 Å². The van der Waals surface area contributed by atoms with Crippen molar-refractivity contribution < 1.29 is 5.11 Å². The molecule has 9 nitrogen and oxygen atoms in total. The van der Waals surface area contributed by atoms with Gasteiger partial charge in [-0.25, -0.2) is 9.97 Å². The van der Waals surface area contributed by atoms with Crippen LogP contribution in [0.4, 0.5) is 17.6 Å². The summed E-state index contributed by atoms with van der Waals surface area (Å²) in [6, 6.07) is 20.4. The van der Waals surface area contributed by atoms with Gasteiger partial charge in [-0.3, -0.25) is 0 Å². The molecular weight excluding hydrogens is 452 g/mol. The van der Waals surface area contributed by atoms with E-state index in [1.807, 2.05) is 67.5 Å². The molecule has 0 radical (unpaired) electrons. The normalized spacial score (nSPS) is 13.7. The smallest absolute Gasteiger partial charge is 0.229 e. The molecule has 1 saturated heterocycles. The number of aliphatic hydroxyl groups is 1. The van der Waals surface area contributed by atoms with Crippen LogP contribution in [0.15, 0.2) is 60.7 Å². The number of benzene rings is 2. The second-order valence-electron chi connectivity index (χ2n) is 9.01. The number of fused-ring (bicyclic) bond motifs is 1. The van der Waals surface area contributed by atoms with E-state index in [2.05, 4.69) is 27.2 Å². The van der Waals surface area contributed by atoms with E-state index in [1.54, 1.807) is 0 Å². The maximum Gasteiger partial charge on any atom is 0.229 e. The molecular formula is C27H32N8O. The van der Waals surface area contributed by atoms with Crippen LogP contribution in [0, 0.1) is 0 Å². The van der Waals surface area contributed by atoms with Crippen molar-refractivity contribution >= 4 is 28.7 Å². The Bertz CT molecular complexity index is 1300. The summed E-state index contributed by atoms with van der Waals surface area (Å²) in [6.07, 6.45) is 0. The third-order valence-electron chi connectivity index (χ3n) is 6.35. The van der Waals surface area contributed by atoms with Crippen LogP contribution in [0.5, 0.6) is 0 Å². The molecule has 2 aromatic carbocycles. The molecule has 1 aliphatic rings. The number of likely N-dealkylation sites (N-methyl/N-ethyl adjacent to an activating group) is 1. The molecule has 2 N–H and O–H groups in total. The van der Waals surface area contributed by atoms with E-state index in [0.717, 1.165) is 43.3 Å². The van der Waals surface area contributed by atoms with Gasteiger partial charge in [0, 0.05) is 58.9 Å². The van der Waals surface area contributed by atoms with Crippen LogP contribution in [-0.4, -0.2) is 78.5 Å². The van der Waals surface area contributed by atoms with E-state index in [0.29, 0.717) is 36.0 Å². The number of aromatic nitrogens is 4. The number of anilines is 3. The number of nitrogens with one attached hydrogen (secondary N) is 1. The minimum Gasteiger partial charge on any atom is -0.395 e. The van der Waals surface area contributed by atoms with Crippen molar-refractivity contribution in [2.24, 2.45) is 0 Å². The Kier molecular flexibility index (Phi) is 7.20. The minimum atomic E-state index is 0.0157. The van der Waals surface area contributed by atoms with E-state index in [-0.39, 0.29) is 6.61 Å². The predicted molar refractivity (Wildman–Crippen MR) is 145 cm³/mol. The van der Waals surface area contributed by atoms with Gasteiger partial charge < -0.3 is 25.1 Å². The molecule has 0 bridgehead atoms. The minimum absolute atomic E-state index is 0.0157. The van der Waals surface area contributed by atoms with Crippen molar-refractivity contribution in [1.29, 1.82) is 0 Å². The molecule has 0 atom stereocenters. The molecule has 0 unspecified atom stereocenters. The molecule has 0 amide bonds. The van der Waals surface area contributed by atoms with Gasteiger partial charge in [-0.05, 0) is 5.56 Å².